The van der Waals surface area contributed by atoms with Crippen LogP contribution >= 0.6 is 0 Å². The van der Waals surface area contributed by atoms with E-state index in [9.17, 15) is 4.79 Å². The number of amides is 1. The molecule has 0 aliphatic carbocycles. The van der Waals surface area contributed by atoms with Crippen LogP contribution in [0, 0.1) is 5.92 Å². The van der Waals surface area contributed by atoms with Crippen LogP contribution in [0.25, 0.3) is 0 Å². The Morgan fingerprint density at radius 2 is 2.33 bits per heavy atom. The zero-order valence-corrected chi connectivity index (χ0v) is 7.71. The van der Waals surface area contributed by atoms with E-state index in [4.69, 9.17) is 0 Å². The standard InChI is InChI=1S/C9H16N2O/c1-6-9-7(3-4-10-9)5-8(12)11(6)2/h6-7,9-10H,3-5H2,1-2H3. The first-order valence-electron chi connectivity index (χ1n) is 4.69. The average molecular weight is 168 g/mol. The van der Waals surface area contributed by atoms with Crippen molar-refractivity contribution in [2.75, 3.05) is 13.6 Å². The smallest absolute Gasteiger partial charge is 0.222 e. The van der Waals surface area contributed by atoms with E-state index >= 15 is 0 Å². The van der Waals surface area contributed by atoms with E-state index in [0.29, 0.717) is 23.9 Å². The van der Waals surface area contributed by atoms with Gasteiger partial charge in [0.05, 0.1) is 0 Å². The Morgan fingerprint density at radius 1 is 1.58 bits per heavy atom. The summed E-state index contributed by atoms with van der Waals surface area (Å²) in [7, 11) is 1.91. The van der Waals surface area contributed by atoms with Crippen LogP contribution in [0.4, 0.5) is 0 Å². The molecule has 3 unspecified atom stereocenters. The van der Waals surface area contributed by atoms with E-state index in [1.165, 1.54) is 6.42 Å². The fraction of sp³-hybridized carbons (Fsp3) is 0.889. The van der Waals surface area contributed by atoms with Crippen molar-refractivity contribution < 1.29 is 4.79 Å². The molecule has 2 aliphatic heterocycles. The third kappa shape index (κ3) is 1.04. The van der Waals surface area contributed by atoms with Gasteiger partial charge >= 0.3 is 0 Å². The molecule has 2 rings (SSSR count). The van der Waals surface area contributed by atoms with Crippen molar-refractivity contribution in [1.82, 2.24) is 10.2 Å². The molecule has 0 saturated carbocycles. The molecule has 0 bridgehead atoms. The van der Waals surface area contributed by atoms with E-state index in [1.807, 2.05) is 11.9 Å². The molecule has 3 nitrogen and oxygen atoms in total. The molecule has 1 N–H and O–H groups in total. The first kappa shape index (κ1) is 8.05. The Labute approximate surface area is 73.1 Å². The minimum Gasteiger partial charge on any atom is -0.341 e. The molecule has 0 aromatic rings. The van der Waals surface area contributed by atoms with Crippen molar-refractivity contribution in [3.05, 3.63) is 0 Å². The number of hydrogen-bond acceptors (Lipinski definition) is 2. The summed E-state index contributed by atoms with van der Waals surface area (Å²) >= 11 is 0. The van der Waals surface area contributed by atoms with E-state index in [0.717, 1.165) is 13.0 Å². The maximum atomic E-state index is 11.4. The van der Waals surface area contributed by atoms with E-state index in [-0.39, 0.29) is 0 Å². The summed E-state index contributed by atoms with van der Waals surface area (Å²) in [5.74, 6) is 0.913. The van der Waals surface area contributed by atoms with Crippen molar-refractivity contribution in [1.29, 1.82) is 0 Å². The summed E-state index contributed by atoms with van der Waals surface area (Å²) < 4.78 is 0. The van der Waals surface area contributed by atoms with E-state index < -0.39 is 0 Å². The van der Waals surface area contributed by atoms with Gasteiger partial charge in [-0.15, -0.1) is 0 Å². The molecule has 0 aromatic carbocycles. The summed E-state index contributed by atoms with van der Waals surface area (Å²) in [6.07, 6.45) is 1.92. The Bertz CT molecular complexity index is 205. The lowest BCUT2D eigenvalue weighted by atomic mass is 9.87. The van der Waals surface area contributed by atoms with Gasteiger partial charge in [0, 0.05) is 25.6 Å². The summed E-state index contributed by atoms with van der Waals surface area (Å²) in [5.41, 5.74) is 0. The Kier molecular flexibility index (Phi) is 1.83. The molecule has 2 fully saturated rings. The maximum Gasteiger partial charge on any atom is 0.222 e. The molecular formula is C9H16N2O. The van der Waals surface area contributed by atoms with Crippen LogP contribution in [0.15, 0.2) is 0 Å². The van der Waals surface area contributed by atoms with Gasteiger partial charge in [-0.05, 0) is 25.8 Å². The molecule has 3 atom stereocenters. The monoisotopic (exact) mass is 168 g/mol. The largest absolute Gasteiger partial charge is 0.341 e. The van der Waals surface area contributed by atoms with Gasteiger partial charge in [-0.1, -0.05) is 0 Å². The second-order valence-electron chi connectivity index (χ2n) is 3.98. The lowest BCUT2D eigenvalue weighted by molar-refractivity contribution is -0.136. The van der Waals surface area contributed by atoms with Crippen molar-refractivity contribution in [3.63, 3.8) is 0 Å². The highest BCUT2D eigenvalue weighted by Gasteiger charge is 2.40. The summed E-state index contributed by atoms with van der Waals surface area (Å²) in [6.45, 7) is 3.22. The number of fused-ring (bicyclic) bond motifs is 1. The molecule has 2 heterocycles. The molecular weight excluding hydrogens is 152 g/mol. The molecule has 0 aromatic heterocycles. The van der Waals surface area contributed by atoms with Crippen molar-refractivity contribution >= 4 is 5.91 Å². The minimum atomic E-state index is 0.312. The van der Waals surface area contributed by atoms with Gasteiger partial charge in [-0.25, -0.2) is 0 Å². The summed E-state index contributed by atoms with van der Waals surface area (Å²) in [4.78, 5) is 13.3. The second-order valence-corrected chi connectivity index (χ2v) is 3.98. The first-order chi connectivity index (χ1) is 5.70. The SMILES string of the molecule is CC1C2NCCC2CC(=O)N1C. The maximum absolute atomic E-state index is 11.4. The average Bonchev–Trinajstić information content (AvgIpc) is 2.48. The second kappa shape index (κ2) is 2.73. The minimum absolute atomic E-state index is 0.312. The van der Waals surface area contributed by atoms with Gasteiger partial charge in [-0.3, -0.25) is 4.79 Å². The Morgan fingerprint density at radius 3 is 3.08 bits per heavy atom. The van der Waals surface area contributed by atoms with Gasteiger partial charge in [0.25, 0.3) is 0 Å². The lowest BCUT2D eigenvalue weighted by Crippen LogP contribution is -2.54. The van der Waals surface area contributed by atoms with Crippen LogP contribution in [0.5, 0.6) is 0 Å². The van der Waals surface area contributed by atoms with Gasteiger partial charge < -0.3 is 10.2 Å². The highest BCUT2D eigenvalue weighted by Crippen LogP contribution is 2.29. The Hall–Kier alpha value is -0.570. The number of nitrogens with zero attached hydrogens (tertiary/aromatic N) is 1. The number of rotatable bonds is 0. The quantitative estimate of drug-likeness (QED) is 0.561. The predicted molar refractivity (Wildman–Crippen MR) is 46.7 cm³/mol. The van der Waals surface area contributed by atoms with Gasteiger partial charge in [0.1, 0.15) is 0 Å². The highest BCUT2D eigenvalue weighted by molar-refractivity contribution is 5.77. The van der Waals surface area contributed by atoms with Gasteiger partial charge in [0.2, 0.25) is 5.91 Å². The molecule has 68 valence electrons. The van der Waals surface area contributed by atoms with Crippen LogP contribution < -0.4 is 5.32 Å². The normalized spacial score (nSPS) is 41.7. The fourth-order valence-electron chi connectivity index (χ4n) is 2.41. The third-order valence-corrected chi connectivity index (χ3v) is 3.36. The molecule has 3 heteroatoms. The summed E-state index contributed by atoms with van der Waals surface area (Å²) in [5, 5.41) is 3.47. The van der Waals surface area contributed by atoms with Crippen LogP contribution in [0.2, 0.25) is 0 Å². The number of piperidine rings is 1. The number of hydrogen-bond donors (Lipinski definition) is 1. The van der Waals surface area contributed by atoms with Gasteiger partial charge in [-0.2, -0.15) is 0 Å². The topological polar surface area (TPSA) is 32.3 Å². The fourth-order valence-corrected chi connectivity index (χ4v) is 2.41. The predicted octanol–water partition coefficient (Wildman–Crippen LogP) is 0.215. The van der Waals surface area contributed by atoms with Crippen LogP contribution in [-0.2, 0) is 4.79 Å². The van der Waals surface area contributed by atoms with Crippen LogP contribution in [-0.4, -0.2) is 36.5 Å². The summed E-state index contributed by atoms with van der Waals surface area (Å²) in [6, 6.07) is 0.923. The zero-order chi connectivity index (χ0) is 8.72. The molecule has 0 spiro atoms. The molecule has 0 radical (unpaired) electrons. The van der Waals surface area contributed by atoms with E-state index in [2.05, 4.69) is 12.2 Å². The van der Waals surface area contributed by atoms with Gasteiger partial charge in [0.15, 0.2) is 0 Å². The zero-order valence-electron chi connectivity index (χ0n) is 7.71. The number of carbonyl (C=O) groups excluding carboxylic acids is 1. The number of likely N-dealkylation sites (tertiary alicyclic amines) is 1. The number of nitrogens with one attached hydrogen (secondary N) is 1. The van der Waals surface area contributed by atoms with E-state index in [1.54, 1.807) is 0 Å². The van der Waals surface area contributed by atoms with Crippen molar-refractivity contribution in [2.45, 2.75) is 31.8 Å². The molecule has 1 amide bonds. The third-order valence-electron chi connectivity index (χ3n) is 3.36. The number of likely N-dealkylation sites (N-methyl/N-ethyl adjacent to an activating group) is 1. The lowest BCUT2D eigenvalue weighted by Gasteiger charge is -2.38. The first-order valence-corrected chi connectivity index (χ1v) is 4.69. The van der Waals surface area contributed by atoms with Crippen molar-refractivity contribution in [2.24, 2.45) is 5.92 Å². The van der Waals surface area contributed by atoms with Crippen LogP contribution in [0.1, 0.15) is 19.8 Å². The number of carbonyl (C=O) groups is 1. The van der Waals surface area contributed by atoms with Crippen molar-refractivity contribution in [3.8, 4) is 0 Å². The Balaban J connectivity index is 2.15. The molecule has 2 saturated heterocycles. The molecule has 2 aliphatic rings. The highest BCUT2D eigenvalue weighted by atomic mass is 16.2. The molecule has 12 heavy (non-hydrogen) atoms. The van der Waals surface area contributed by atoms with Crippen LogP contribution in [0.3, 0.4) is 0 Å².